The minimum absolute atomic E-state index is 0.472. The van der Waals surface area contributed by atoms with Crippen LogP contribution in [-0.4, -0.2) is 21.3 Å². The molecule has 0 amide bonds. The molecule has 0 unspecified atom stereocenters. The summed E-state index contributed by atoms with van der Waals surface area (Å²) in [6.45, 7) is 2.90. The molecule has 18 heavy (non-hydrogen) atoms. The third-order valence-corrected chi connectivity index (χ3v) is 2.91. The quantitative estimate of drug-likeness (QED) is 0.731. The van der Waals surface area contributed by atoms with Gasteiger partial charge in [0.05, 0.1) is 5.69 Å². The number of carbonyl (C=O) groups is 1. The van der Waals surface area contributed by atoms with Gasteiger partial charge in [-0.15, -0.1) is 5.10 Å². The van der Waals surface area contributed by atoms with Crippen molar-refractivity contribution >= 4 is 6.29 Å². The number of hydrogen-bond acceptors (Lipinski definition) is 3. The van der Waals surface area contributed by atoms with Gasteiger partial charge < -0.3 is 0 Å². The number of aldehydes is 1. The minimum atomic E-state index is 0.472. The Morgan fingerprint density at radius 1 is 1.22 bits per heavy atom. The van der Waals surface area contributed by atoms with Crippen molar-refractivity contribution in [1.29, 1.82) is 0 Å². The van der Waals surface area contributed by atoms with E-state index in [0.717, 1.165) is 37.8 Å². The summed E-state index contributed by atoms with van der Waals surface area (Å²) in [5.41, 5.74) is 2.67. The molecule has 0 bridgehead atoms. The lowest BCUT2D eigenvalue weighted by Crippen LogP contribution is -2.07. The van der Waals surface area contributed by atoms with E-state index in [1.165, 1.54) is 5.56 Å². The van der Waals surface area contributed by atoms with Crippen LogP contribution < -0.4 is 0 Å². The Morgan fingerprint density at radius 2 is 2.00 bits per heavy atom. The number of nitrogens with zero attached hydrogens (tertiary/aromatic N) is 3. The highest BCUT2D eigenvalue weighted by Crippen LogP contribution is 2.10. The number of carbonyl (C=O) groups excluding carboxylic acids is 1. The van der Waals surface area contributed by atoms with Gasteiger partial charge in [-0.1, -0.05) is 42.5 Å². The molecule has 1 aromatic carbocycles. The van der Waals surface area contributed by atoms with Crippen LogP contribution in [0.25, 0.3) is 0 Å². The molecule has 0 aliphatic heterocycles. The molecule has 0 fully saturated rings. The largest absolute Gasteiger partial charge is 0.296 e. The number of aromatic nitrogens is 3. The Labute approximate surface area is 107 Å². The summed E-state index contributed by atoms with van der Waals surface area (Å²) in [7, 11) is 0. The van der Waals surface area contributed by atoms with Crippen molar-refractivity contribution in [3.8, 4) is 0 Å². The maximum absolute atomic E-state index is 10.9. The predicted octanol–water partition coefficient (Wildman–Crippen LogP) is 2.29. The van der Waals surface area contributed by atoms with Crippen LogP contribution in [0, 0.1) is 0 Å². The van der Waals surface area contributed by atoms with Crippen molar-refractivity contribution in [3.05, 3.63) is 47.3 Å². The van der Waals surface area contributed by atoms with Crippen molar-refractivity contribution in [1.82, 2.24) is 15.0 Å². The summed E-state index contributed by atoms with van der Waals surface area (Å²) in [6, 6.07) is 10.2. The number of hydrogen-bond donors (Lipinski definition) is 0. The first kappa shape index (κ1) is 12.5. The van der Waals surface area contributed by atoms with Crippen LogP contribution in [0.3, 0.4) is 0 Å². The van der Waals surface area contributed by atoms with Gasteiger partial charge in [-0.2, -0.15) is 0 Å². The summed E-state index contributed by atoms with van der Waals surface area (Å²) >= 11 is 0. The van der Waals surface area contributed by atoms with Gasteiger partial charge in [-0.3, -0.25) is 4.79 Å². The van der Waals surface area contributed by atoms with E-state index in [1.54, 1.807) is 0 Å². The third kappa shape index (κ3) is 2.83. The van der Waals surface area contributed by atoms with Crippen molar-refractivity contribution in [2.45, 2.75) is 32.7 Å². The molecule has 0 saturated heterocycles. The molecule has 0 aliphatic rings. The van der Waals surface area contributed by atoms with Gasteiger partial charge in [0.25, 0.3) is 0 Å². The zero-order chi connectivity index (χ0) is 12.8. The standard InChI is InChI=1S/C14H17N3O/c1-2-10-17-14(13(11-18)15-16-17)9-8-12-6-4-3-5-7-12/h3-7,11H,2,8-10H2,1H3. The Hall–Kier alpha value is -1.97. The van der Waals surface area contributed by atoms with Crippen LogP contribution in [0.15, 0.2) is 30.3 Å². The van der Waals surface area contributed by atoms with Crippen LogP contribution in [0.1, 0.15) is 35.1 Å². The topological polar surface area (TPSA) is 47.8 Å². The van der Waals surface area contributed by atoms with E-state index in [1.807, 2.05) is 22.9 Å². The molecule has 1 heterocycles. The first-order chi connectivity index (χ1) is 8.85. The molecule has 0 atom stereocenters. The molecular formula is C14H17N3O. The van der Waals surface area contributed by atoms with Crippen molar-refractivity contribution in [2.75, 3.05) is 0 Å². The van der Waals surface area contributed by atoms with Gasteiger partial charge in [0.2, 0.25) is 0 Å². The zero-order valence-electron chi connectivity index (χ0n) is 10.5. The lowest BCUT2D eigenvalue weighted by Gasteiger charge is -2.05. The molecule has 0 N–H and O–H groups in total. The van der Waals surface area contributed by atoms with Crippen LogP contribution >= 0.6 is 0 Å². The molecule has 0 spiro atoms. The van der Waals surface area contributed by atoms with Gasteiger partial charge in [0.15, 0.2) is 6.29 Å². The number of benzene rings is 1. The van der Waals surface area contributed by atoms with Gasteiger partial charge in [-0.25, -0.2) is 4.68 Å². The van der Waals surface area contributed by atoms with E-state index in [9.17, 15) is 4.79 Å². The predicted molar refractivity (Wildman–Crippen MR) is 69.6 cm³/mol. The number of rotatable bonds is 6. The highest BCUT2D eigenvalue weighted by Gasteiger charge is 2.11. The SMILES string of the molecule is CCCn1nnc(C=O)c1CCc1ccccc1. The monoisotopic (exact) mass is 243 g/mol. The average Bonchev–Trinajstić information content (AvgIpc) is 2.80. The van der Waals surface area contributed by atoms with Gasteiger partial charge in [-0.05, 0) is 24.8 Å². The molecule has 0 radical (unpaired) electrons. The van der Waals surface area contributed by atoms with E-state index < -0.39 is 0 Å². The third-order valence-electron chi connectivity index (χ3n) is 2.91. The van der Waals surface area contributed by atoms with E-state index in [2.05, 4.69) is 29.4 Å². The lowest BCUT2D eigenvalue weighted by molar-refractivity contribution is 0.111. The summed E-state index contributed by atoms with van der Waals surface area (Å²) in [5.74, 6) is 0. The molecule has 0 aliphatic carbocycles. The molecule has 2 rings (SSSR count). The van der Waals surface area contributed by atoms with E-state index in [0.29, 0.717) is 5.69 Å². The Morgan fingerprint density at radius 3 is 2.67 bits per heavy atom. The Bertz CT molecular complexity index is 505. The second-order valence-electron chi connectivity index (χ2n) is 4.25. The van der Waals surface area contributed by atoms with Crippen LogP contribution in [0.4, 0.5) is 0 Å². The first-order valence-corrected chi connectivity index (χ1v) is 6.26. The van der Waals surface area contributed by atoms with Crippen molar-refractivity contribution in [3.63, 3.8) is 0 Å². The molecule has 1 aromatic heterocycles. The molecule has 94 valence electrons. The van der Waals surface area contributed by atoms with Crippen molar-refractivity contribution in [2.24, 2.45) is 0 Å². The minimum Gasteiger partial charge on any atom is -0.296 e. The van der Waals surface area contributed by atoms with E-state index in [-0.39, 0.29) is 0 Å². The molecule has 2 aromatic rings. The average molecular weight is 243 g/mol. The summed E-state index contributed by atoms with van der Waals surface area (Å²) < 4.78 is 1.84. The second kappa shape index (κ2) is 6.10. The second-order valence-corrected chi connectivity index (χ2v) is 4.25. The van der Waals surface area contributed by atoms with Gasteiger partial charge in [0.1, 0.15) is 5.69 Å². The summed E-state index contributed by atoms with van der Waals surface area (Å²) in [5, 5.41) is 7.93. The van der Waals surface area contributed by atoms with Crippen LogP contribution in [0.2, 0.25) is 0 Å². The van der Waals surface area contributed by atoms with E-state index in [4.69, 9.17) is 0 Å². The Kier molecular flexibility index (Phi) is 4.23. The van der Waals surface area contributed by atoms with Gasteiger partial charge in [0, 0.05) is 6.54 Å². The highest BCUT2D eigenvalue weighted by atomic mass is 16.1. The molecule has 0 saturated carbocycles. The molecule has 4 nitrogen and oxygen atoms in total. The van der Waals surface area contributed by atoms with Crippen molar-refractivity contribution < 1.29 is 4.79 Å². The normalized spacial score (nSPS) is 10.5. The number of aryl methyl sites for hydroxylation is 2. The van der Waals surface area contributed by atoms with Crippen LogP contribution in [-0.2, 0) is 19.4 Å². The Balaban J connectivity index is 2.12. The van der Waals surface area contributed by atoms with Gasteiger partial charge >= 0.3 is 0 Å². The highest BCUT2D eigenvalue weighted by molar-refractivity contribution is 5.73. The van der Waals surface area contributed by atoms with Crippen LogP contribution in [0.5, 0.6) is 0 Å². The molecule has 4 heteroatoms. The first-order valence-electron chi connectivity index (χ1n) is 6.26. The fourth-order valence-electron chi connectivity index (χ4n) is 1.99. The fraction of sp³-hybridized carbons (Fsp3) is 0.357. The maximum atomic E-state index is 10.9. The lowest BCUT2D eigenvalue weighted by atomic mass is 10.1. The summed E-state index contributed by atoms with van der Waals surface area (Å²) in [4.78, 5) is 10.9. The summed E-state index contributed by atoms with van der Waals surface area (Å²) in [6.07, 6.45) is 3.48. The van der Waals surface area contributed by atoms with E-state index >= 15 is 0 Å². The molecular weight excluding hydrogens is 226 g/mol. The fourth-order valence-corrected chi connectivity index (χ4v) is 1.99. The maximum Gasteiger partial charge on any atom is 0.172 e. The smallest absolute Gasteiger partial charge is 0.172 e. The zero-order valence-corrected chi connectivity index (χ0v) is 10.5.